The molecule has 3 rings (SSSR count). The largest absolute Gasteiger partial charge is 0.487 e. The molecule has 20 heavy (non-hydrogen) atoms. The first kappa shape index (κ1) is 13.4. The number of aromatic nitrogens is 1. The first-order valence-electron chi connectivity index (χ1n) is 5.82. The highest BCUT2D eigenvalue weighted by Crippen LogP contribution is 2.32. The minimum absolute atomic E-state index is 0.0704. The lowest BCUT2D eigenvalue weighted by Crippen LogP contribution is -2.45. The zero-order chi connectivity index (χ0) is 14.3. The number of nitrogen functional groups attached to an aromatic ring is 1. The van der Waals surface area contributed by atoms with Crippen LogP contribution in [-0.4, -0.2) is 31.2 Å². The number of benzene rings is 1. The van der Waals surface area contributed by atoms with Gasteiger partial charge in [0.05, 0.1) is 16.0 Å². The minimum Gasteiger partial charge on any atom is -0.487 e. The Balaban J connectivity index is 1.78. The summed E-state index contributed by atoms with van der Waals surface area (Å²) in [6.45, 7) is 0. The van der Waals surface area contributed by atoms with Crippen LogP contribution in [0.15, 0.2) is 33.3 Å². The van der Waals surface area contributed by atoms with Gasteiger partial charge in [0, 0.05) is 11.6 Å². The molecule has 8 heteroatoms. The monoisotopic (exact) mass is 358 g/mol. The quantitative estimate of drug-likeness (QED) is 0.899. The van der Waals surface area contributed by atoms with Gasteiger partial charge in [-0.15, -0.1) is 0 Å². The Labute approximate surface area is 123 Å². The summed E-state index contributed by atoms with van der Waals surface area (Å²) in [5.41, 5.74) is 6.93. The molecule has 1 aliphatic heterocycles. The number of ether oxygens (including phenoxy) is 1. The first-order valence-corrected chi connectivity index (χ1v) is 8.43. The van der Waals surface area contributed by atoms with Crippen molar-refractivity contribution in [3.63, 3.8) is 0 Å². The van der Waals surface area contributed by atoms with Gasteiger partial charge in [0.25, 0.3) is 0 Å². The fourth-order valence-electron chi connectivity index (χ4n) is 1.95. The van der Waals surface area contributed by atoms with Crippen LogP contribution in [0, 0.1) is 0 Å². The Morgan fingerprint density at radius 1 is 1.35 bits per heavy atom. The van der Waals surface area contributed by atoms with Gasteiger partial charge in [-0.3, -0.25) is 0 Å². The molecule has 1 saturated heterocycles. The van der Waals surface area contributed by atoms with Crippen LogP contribution in [-0.2, 0) is 9.84 Å². The minimum atomic E-state index is -2.89. The SMILES string of the molecule is Nc1cc(-c2ccc(OC3CS(=O)(=O)C3)c(Br)c2)no1. The first-order chi connectivity index (χ1) is 9.43. The second kappa shape index (κ2) is 4.78. The lowest BCUT2D eigenvalue weighted by Gasteiger charge is -2.27. The van der Waals surface area contributed by atoms with E-state index in [9.17, 15) is 8.42 Å². The zero-order valence-electron chi connectivity index (χ0n) is 10.2. The van der Waals surface area contributed by atoms with Crippen LogP contribution in [0.25, 0.3) is 11.3 Å². The van der Waals surface area contributed by atoms with Gasteiger partial charge in [0.1, 0.15) is 17.5 Å². The van der Waals surface area contributed by atoms with Crippen molar-refractivity contribution in [3.05, 3.63) is 28.7 Å². The highest BCUT2D eigenvalue weighted by Gasteiger charge is 2.35. The molecule has 1 aromatic carbocycles. The summed E-state index contributed by atoms with van der Waals surface area (Å²) in [5, 5.41) is 3.82. The van der Waals surface area contributed by atoms with E-state index in [2.05, 4.69) is 21.1 Å². The predicted molar refractivity (Wildman–Crippen MR) is 77.1 cm³/mol. The van der Waals surface area contributed by atoms with Crippen LogP contribution in [0.3, 0.4) is 0 Å². The van der Waals surface area contributed by atoms with E-state index in [1.54, 1.807) is 12.1 Å². The third-order valence-corrected chi connectivity index (χ3v) is 5.31. The Morgan fingerprint density at radius 3 is 2.65 bits per heavy atom. The lowest BCUT2D eigenvalue weighted by atomic mass is 10.1. The zero-order valence-corrected chi connectivity index (χ0v) is 12.6. The average Bonchev–Trinajstić information content (AvgIpc) is 2.76. The summed E-state index contributed by atoms with van der Waals surface area (Å²) >= 11 is 3.40. The molecule has 0 atom stereocenters. The predicted octanol–water partition coefficient (Wildman–Crippen LogP) is 1.86. The molecule has 0 radical (unpaired) electrons. The number of rotatable bonds is 3. The van der Waals surface area contributed by atoms with Crippen molar-refractivity contribution in [1.82, 2.24) is 5.16 Å². The van der Waals surface area contributed by atoms with Crippen LogP contribution >= 0.6 is 15.9 Å². The van der Waals surface area contributed by atoms with Gasteiger partial charge < -0.3 is 15.0 Å². The molecule has 0 amide bonds. The van der Waals surface area contributed by atoms with Gasteiger partial charge >= 0.3 is 0 Å². The Bertz CT molecular complexity index is 745. The van der Waals surface area contributed by atoms with Crippen LogP contribution in [0.1, 0.15) is 0 Å². The molecular formula is C12H11BrN2O4S. The van der Waals surface area contributed by atoms with Crippen molar-refractivity contribution in [1.29, 1.82) is 0 Å². The highest BCUT2D eigenvalue weighted by atomic mass is 79.9. The second-order valence-corrected chi connectivity index (χ2v) is 7.58. The molecule has 0 aliphatic carbocycles. The van der Waals surface area contributed by atoms with Crippen LogP contribution < -0.4 is 10.5 Å². The summed E-state index contributed by atoms with van der Waals surface area (Å²) in [6.07, 6.45) is -0.273. The number of sulfone groups is 1. The standard InChI is InChI=1S/C12H11BrN2O4S/c13-9-3-7(10-4-12(14)19-15-10)1-2-11(9)18-8-5-20(16,17)6-8/h1-4,8H,5-6,14H2. The number of anilines is 1. The molecule has 2 aromatic rings. The molecule has 0 bridgehead atoms. The Hall–Kier alpha value is -1.54. The topological polar surface area (TPSA) is 95.4 Å². The van der Waals surface area contributed by atoms with Gasteiger partial charge in [-0.2, -0.15) is 0 Å². The number of hydrogen-bond acceptors (Lipinski definition) is 6. The van der Waals surface area contributed by atoms with E-state index in [-0.39, 0.29) is 23.5 Å². The van der Waals surface area contributed by atoms with E-state index >= 15 is 0 Å². The second-order valence-electron chi connectivity index (χ2n) is 4.58. The van der Waals surface area contributed by atoms with Crippen molar-refractivity contribution >= 4 is 31.7 Å². The lowest BCUT2D eigenvalue weighted by molar-refractivity contribution is 0.229. The molecule has 2 N–H and O–H groups in total. The molecule has 0 spiro atoms. The van der Waals surface area contributed by atoms with Crippen LogP contribution in [0.5, 0.6) is 5.75 Å². The van der Waals surface area contributed by atoms with E-state index in [1.807, 2.05) is 12.1 Å². The molecule has 106 valence electrons. The van der Waals surface area contributed by atoms with Gasteiger partial charge in [0.15, 0.2) is 9.84 Å². The summed E-state index contributed by atoms with van der Waals surface area (Å²) in [7, 11) is -2.89. The molecule has 0 unspecified atom stereocenters. The van der Waals surface area contributed by atoms with Crippen LogP contribution in [0.2, 0.25) is 0 Å². The number of hydrogen-bond donors (Lipinski definition) is 1. The summed E-state index contributed by atoms with van der Waals surface area (Å²) < 4.78 is 33.3. The molecule has 6 nitrogen and oxygen atoms in total. The number of nitrogens with zero attached hydrogens (tertiary/aromatic N) is 1. The maximum Gasteiger partial charge on any atom is 0.222 e. The summed E-state index contributed by atoms with van der Waals surface area (Å²) in [4.78, 5) is 0. The van der Waals surface area contributed by atoms with Gasteiger partial charge in [0.2, 0.25) is 5.88 Å². The molecular weight excluding hydrogens is 348 g/mol. The van der Waals surface area contributed by atoms with E-state index in [4.69, 9.17) is 15.0 Å². The van der Waals surface area contributed by atoms with Crippen molar-refractivity contribution < 1.29 is 17.7 Å². The van der Waals surface area contributed by atoms with Crippen LogP contribution in [0.4, 0.5) is 5.88 Å². The normalized spacial score (nSPS) is 17.6. The number of nitrogens with two attached hydrogens (primary N) is 1. The van der Waals surface area contributed by atoms with E-state index < -0.39 is 9.84 Å². The highest BCUT2D eigenvalue weighted by molar-refractivity contribution is 9.10. The molecule has 1 aliphatic rings. The van der Waals surface area contributed by atoms with E-state index in [0.717, 1.165) is 10.0 Å². The fraction of sp³-hybridized carbons (Fsp3) is 0.250. The Kier molecular flexibility index (Phi) is 3.21. The van der Waals surface area contributed by atoms with E-state index in [0.29, 0.717) is 11.4 Å². The third-order valence-electron chi connectivity index (χ3n) is 2.93. The maximum atomic E-state index is 11.1. The molecule has 2 heterocycles. The molecule has 1 aromatic heterocycles. The fourth-order valence-corrected chi connectivity index (χ4v) is 3.59. The van der Waals surface area contributed by atoms with Crippen molar-refractivity contribution in [3.8, 4) is 17.0 Å². The molecule has 1 fully saturated rings. The van der Waals surface area contributed by atoms with Crippen molar-refractivity contribution in [2.75, 3.05) is 17.2 Å². The van der Waals surface area contributed by atoms with Crippen molar-refractivity contribution in [2.24, 2.45) is 0 Å². The van der Waals surface area contributed by atoms with Crippen molar-refractivity contribution in [2.45, 2.75) is 6.10 Å². The van der Waals surface area contributed by atoms with Gasteiger partial charge in [-0.05, 0) is 34.1 Å². The average molecular weight is 359 g/mol. The molecule has 0 saturated carbocycles. The number of halogens is 1. The summed E-state index contributed by atoms with van der Waals surface area (Å²) in [5.74, 6) is 0.989. The maximum absolute atomic E-state index is 11.1. The van der Waals surface area contributed by atoms with Gasteiger partial charge in [-0.1, -0.05) is 5.16 Å². The summed E-state index contributed by atoms with van der Waals surface area (Å²) in [6, 6.07) is 7.01. The smallest absolute Gasteiger partial charge is 0.222 e. The third kappa shape index (κ3) is 2.66. The van der Waals surface area contributed by atoms with Gasteiger partial charge in [-0.25, -0.2) is 8.42 Å². The van der Waals surface area contributed by atoms with E-state index in [1.165, 1.54) is 0 Å². The Morgan fingerprint density at radius 2 is 2.10 bits per heavy atom.